The van der Waals surface area contributed by atoms with E-state index in [4.69, 9.17) is 0 Å². The van der Waals surface area contributed by atoms with Crippen LogP contribution in [0.4, 0.5) is 5.69 Å². The Labute approximate surface area is 176 Å². The van der Waals surface area contributed by atoms with Gasteiger partial charge in [-0.15, -0.1) is 0 Å². The van der Waals surface area contributed by atoms with Gasteiger partial charge >= 0.3 is 0 Å². The maximum atomic E-state index is 12.9. The molecule has 1 aliphatic heterocycles. The molecule has 4 rings (SSSR count). The number of amides is 1. The highest BCUT2D eigenvalue weighted by atomic mass is 32.2. The number of benzene rings is 2. The Morgan fingerprint density at radius 3 is 2.27 bits per heavy atom. The number of anilines is 1. The number of sulfonamides is 1. The van der Waals surface area contributed by atoms with Crippen molar-refractivity contribution < 1.29 is 13.2 Å². The number of hydrogen-bond donors (Lipinski definition) is 1. The first-order valence-corrected chi connectivity index (χ1v) is 11.5. The molecule has 0 bridgehead atoms. The summed E-state index contributed by atoms with van der Waals surface area (Å²) in [7, 11) is -3.53. The standard InChI is InChI=1S/C22H24N4O3S/c27-22(24-20-8-3-4-9-21(20)26-17-7-14-23-26)18-10-12-19(13-11-18)30(28,29)25-15-5-1-2-6-16-25/h3-4,7-14,17H,1-2,5-6,15-16H2,(H,24,27). The molecule has 1 fully saturated rings. The lowest BCUT2D eigenvalue weighted by atomic mass is 10.2. The summed E-state index contributed by atoms with van der Waals surface area (Å²) < 4.78 is 29.0. The summed E-state index contributed by atoms with van der Waals surface area (Å²) in [6.07, 6.45) is 7.36. The Balaban J connectivity index is 1.52. The molecule has 7 nitrogen and oxygen atoms in total. The topological polar surface area (TPSA) is 84.3 Å². The van der Waals surface area contributed by atoms with Gasteiger partial charge in [-0.05, 0) is 55.3 Å². The van der Waals surface area contributed by atoms with E-state index in [2.05, 4.69) is 10.4 Å². The van der Waals surface area contributed by atoms with Gasteiger partial charge in [-0.1, -0.05) is 25.0 Å². The Morgan fingerprint density at radius 2 is 1.60 bits per heavy atom. The molecule has 0 spiro atoms. The molecule has 1 amide bonds. The summed E-state index contributed by atoms with van der Waals surface area (Å²) in [6, 6.07) is 15.3. The monoisotopic (exact) mass is 424 g/mol. The fourth-order valence-corrected chi connectivity index (χ4v) is 5.11. The molecule has 0 atom stereocenters. The average molecular weight is 425 g/mol. The number of rotatable bonds is 5. The second-order valence-corrected chi connectivity index (χ2v) is 9.20. The van der Waals surface area contributed by atoms with Crippen LogP contribution in [0.2, 0.25) is 0 Å². The van der Waals surface area contributed by atoms with Gasteiger partial charge in [0.05, 0.1) is 16.3 Å². The van der Waals surface area contributed by atoms with Crippen molar-refractivity contribution in [3.05, 3.63) is 72.6 Å². The second kappa shape index (κ2) is 8.81. The number of nitrogens with one attached hydrogen (secondary N) is 1. The minimum Gasteiger partial charge on any atom is -0.320 e. The van der Waals surface area contributed by atoms with Gasteiger partial charge in [0, 0.05) is 31.0 Å². The Morgan fingerprint density at radius 1 is 0.900 bits per heavy atom. The lowest BCUT2D eigenvalue weighted by molar-refractivity contribution is 0.102. The van der Waals surface area contributed by atoms with E-state index in [1.165, 1.54) is 12.1 Å². The highest BCUT2D eigenvalue weighted by Crippen LogP contribution is 2.22. The second-order valence-electron chi connectivity index (χ2n) is 7.26. The van der Waals surface area contributed by atoms with E-state index in [1.54, 1.807) is 39.6 Å². The summed E-state index contributed by atoms with van der Waals surface area (Å²) in [4.78, 5) is 13.0. The van der Waals surface area contributed by atoms with Crippen molar-refractivity contribution in [3.63, 3.8) is 0 Å². The summed E-state index contributed by atoms with van der Waals surface area (Å²) in [5.41, 5.74) is 1.75. The number of aromatic nitrogens is 2. The van der Waals surface area contributed by atoms with Crippen molar-refractivity contribution in [1.82, 2.24) is 14.1 Å². The number of carbonyl (C=O) groups excluding carboxylic acids is 1. The van der Waals surface area contributed by atoms with Crippen LogP contribution in [0.1, 0.15) is 36.0 Å². The van der Waals surface area contributed by atoms with E-state index in [1.807, 2.05) is 24.3 Å². The SMILES string of the molecule is O=C(Nc1ccccc1-n1cccn1)c1ccc(S(=O)(=O)N2CCCCCC2)cc1. The summed E-state index contributed by atoms with van der Waals surface area (Å²) in [5.74, 6) is -0.312. The molecule has 0 unspecified atom stereocenters. The zero-order valence-electron chi connectivity index (χ0n) is 16.6. The van der Waals surface area contributed by atoms with Crippen molar-refractivity contribution >= 4 is 21.6 Å². The normalized spacial score (nSPS) is 15.5. The highest BCUT2D eigenvalue weighted by molar-refractivity contribution is 7.89. The van der Waals surface area contributed by atoms with Crippen LogP contribution >= 0.6 is 0 Å². The lowest BCUT2D eigenvalue weighted by Gasteiger charge is -2.20. The molecule has 0 radical (unpaired) electrons. The number of nitrogens with zero attached hydrogens (tertiary/aromatic N) is 3. The first-order valence-electron chi connectivity index (χ1n) is 10.1. The zero-order valence-corrected chi connectivity index (χ0v) is 17.4. The molecule has 8 heteroatoms. The minimum atomic E-state index is -3.53. The first-order chi connectivity index (χ1) is 14.6. The molecule has 1 saturated heterocycles. The van der Waals surface area contributed by atoms with Crippen LogP contribution in [0, 0.1) is 0 Å². The van der Waals surface area contributed by atoms with E-state index in [0.29, 0.717) is 24.3 Å². The molecule has 2 aromatic carbocycles. The third-order valence-corrected chi connectivity index (χ3v) is 7.14. The third kappa shape index (κ3) is 4.29. The van der Waals surface area contributed by atoms with E-state index < -0.39 is 10.0 Å². The van der Waals surface area contributed by atoms with Gasteiger partial charge in [0.15, 0.2) is 0 Å². The van der Waals surface area contributed by atoms with Crippen LogP contribution in [0.25, 0.3) is 5.69 Å². The van der Waals surface area contributed by atoms with Gasteiger partial charge in [0.1, 0.15) is 0 Å². The van der Waals surface area contributed by atoms with Crippen molar-refractivity contribution in [2.24, 2.45) is 0 Å². The van der Waals surface area contributed by atoms with Gasteiger partial charge < -0.3 is 5.32 Å². The van der Waals surface area contributed by atoms with Crippen molar-refractivity contribution in [1.29, 1.82) is 0 Å². The zero-order chi connectivity index (χ0) is 21.0. The highest BCUT2D eigenvalue weighted by Gasteiger charge is 2.25. The largest absolute Gasteiger partial charge is 0.320 e. The van der Waals surface area contributed by atoms with E-state index >= 15 is 0 Å². The quantitative estimate of drug-likeness (QED) is 0.677. The van der Waals surface area contributed by atoms with E-state index in [-0.39, 0.29) is 10.8 Å². The fraction of sp³-hybridized carbons (Fsp3) is 0.273. The summed E-state index contributed by atoms with van der Waals surface area (Å²) in [6.45, 7) is 1.10. The first kappa shape index (κ1) is 20.3. The lowest BCUT2D eigenvalue weighted by Crippen LogP contribution is -2.31. The van der Waals surface area contributed by atoms with Gasteiger partial charge in [-0.2, -0.15) is 9.40 Å². The van der Waals surface area contributed by atoms with Gasteiger partial charge in [-0.3, -0.25) is 4.79 Å². The van der Waals surface area contributed by atoms with E-state index in [0.717, 1.165) is 31.4 Å². The minimum absolute atomic E-state index is 0.220. The van der Waals surface area contributed by atoms with Crippen LogP contribution in [-0.4, -0.2) is 41.5 Å². The Hall–Kier alpha value is -2.97. The molecular weight excluding hydrogens is 400 g/mol. The molecule has 1 N–H and O–H groups in total. The summed E-state index contributed by atoms with van der Waals surface area (Å²) in [5, 5.41) is 7.10. The van der Waals surface area contributed by atoms with Crippen molar-refractivity contribution in [2.45, 2.75) is 30.6 Å². The molecule has 156 valence electrons. The predicted octanol–water partition coefficient (Wildman–Crippen LogP) is 3.69. The van der Waals surface area contributed by atoms with Crippen LogP contribution < -0.4 is 5.32 Å². The fourth-order valence-electron chi connectivity index (χ4n) is 3.59. The summed E-state index contributed by atoms with van der Waals surface area (Å²) >= 11 is 0. The molecule has 0 aliphatic carbocycles. The van der Waals surface area contributed by atoms with Crippen LogP contribution in [0.3, 0.4) is 0 Å². The van der Waals surface area contributed by atoms with Gasteiger partial charge in [0.2, 0.25) is 10.0 Å². The maximum absolute atomic E-state index is 12.9. The van der Waals surface area contributed by atoms with Gasteiger partial charge in [-0.25, -0.2) is 13.1 Å². The Bertz CT molecular complexity index is 1100. The average Bonchev–Trinajstić information content (AvgIpc) is 3.15. The molecule has 0 saturated carbocycles. The number of para-hydroxylation sites is 2. The molecular formula is C22H24N4O3S. The number of hydrogen-bond acceptors (Lipinski definition) is 4. The molecule has 30 heavy (non-hydrogen) atoms. The van der Waals surface area contributed by atoms with Gasteiger partial charge in [0.25, 0.3) is 5.91 Å². The van der Waals surface area contributed by atoms with Crippen LogP contribution in [0.5, 0.6) is 0 Å². The van der Waals surface area contributed by atoms with Crippen LogP contribution in [0.15, 0.2) is 71.9 Å². The Kier molecular flexibility index (Phi) is 5.96. The molecule has 3 aromatic rings. The van der Waals surface area contributed by atoms with Crippen molar-refractivity contribution in [3.8, 4) is 5.69 Å². The van der Waals surface area contributed by atoms with E-state index in [9.17, 15) is 13.2 Å². The maximum Gasteiger partial charge on any atom is 0.255 e. The smallest absolute Gasteiger partial charge is 0.255 e. The third-order valence-electron chi connectivity index (χ3n) is 5.22. The van der Waals surface area contributed by atoms with Crippen LogP contribution in [-0.2, 0) is 10.0 Å². The molecule has 1 aromatic heterocycles. The molecule has 1 aliphatic rings. The predicted molar refractivity (Wildman–Crippen MR) is 115 cm³/mol. The molecule has 2 heterocycles. The van der Waals surface area contributed by atoms with Crippen molar-refractivity contribution in [2.75, 3.05) is 18.4 Å². The number of carbonyl (C=O) groups is 1.